The highest BCUT2D eigenvalue weighted by Crippen LogP contribution is 2.22. The normalized spacial score (nSPS) is 15.7. The minimum atomic E-state index is -0.351. The van der Waals surface area contributed by atoms with Gasteiger partial charge in [0.1, 0.15) is 11.4 Å². The van der Waals surface area contributed by atoms with Crippen LogP contribution in [0.1, 0.15) is 12.8 Å². The van der Waals surface area contributed by atoms with Gasteiger partial charge in [-0.15, -0.1) is 0 Å². The van der Waals surface area contributed by atoms with E-state index in [4.69, 9.17) is 4.74 Å². The maximum Gasteiger partial charge on any atom is 0.321 e. The Morgan fingerprint density at radius 1 is 1.39 bits per heavy atom. The van der Waals surface area contributed by atoms with Gasteiger partial charge in [-0.05, 0) is 25.0 Å². The van der Waals surface area contributed by atoms with Crippen molar-refractivity contribution in [2.75, 3.05) is 25.5 Å². The number of para-hydroxylation sites is 1. The number of urea groups is 1. The zero-order valence-corrected chi connectivity index (χ0v) is 12.8. The predicted molar refractivity (Wildman–Crippen MR) is 87.0 cm³/mol. The lowest BCUT2D eigenvalue weighted by Crippen LogP contribution is -2.42. The van der Waals surface area contributed by atoms with E-state index in [9.17, 15) is 14.7 Å². The van der Waals surface area contributed by atoms with Gasteiger partial charge >= 0.3 is 6.03 Å². The third kappa shape index (κ3) is 3.00. The predicted octanol–water partition coefficient (Wildman–Crippen LogP) is 1.53. The van der Waals surface area contributed by atoms with Crippen molar-refractivity contribution in [3.63, 3.8) is 0 Å². The Balaban J connectivity index is 1.85. The number of ether oxygens (including phenoxy) is 1. The summed E-state index contributed by atoms with van der Waals surface area (Å²) in [5.41, 5.74) is 0.531. The Hall–Kier alpha value is -2.54. The molecule has 0 bridgehead atoms. The Morgan fingerprint density at radius 3 is 2.83 bits per heavy atom. The number of aromatic nitrogens is 1. The number of aromatic amines is 1. The highest BCUT2D eigenvalue weighted by atomic mass is 16.5. The minimum absolute atomic E-state index is 0.196. The maximum absolute atomic E-state index is 12.5. The molecule has 0 aliphatic carbocycles. The van der Waals surface area contributed by atoms with Crippen LogP contribution >= 0.6 is 0 Å². The molecule has 3 N–H and O–H groups in total. The summed E-state index contributed by atoms with van der Waals surface area (Å²) in [6.45, 7) is 0.957. The van der Waals surface area contributed by atoms with E-state index in [-0.39, 0.29) is 23.3 Å². The number of likely N-dealkylation sites (tertiary alicyclic amines) is 1. The molecule has 1 saturated heterocycles. The van der Waals surface area contributed by atoms with Crippen LogP contribution in [0.2, 0.25) is 0 Å². The van der Waals surface area contributed by atoms with Crippen LogP contribution in [-0.4, -0.2) is 47.3 Å². The number of nitrogens with zero attached hydrogens (tertiary/aromatic N) is 1. The standard InChI is InChI=1S/C16H19N3O4/c1-23-13-4-2-3-11-14(13)17-9-12(15(11)21)18-16(22)19-7-5-10(20)6-8-19/h2-4,9-10,20H,5-8H2,1H3,(H,17,21)(H,18,22). The van der Waals surface area contributed by atoms with Crippen LogP contribution in [0.25, 0.3) is 10.9 Å². The number of rotatable bonds is 2. The molecule has 2 amide bonds. The van der Waals surface area contributed by atoms with Crippen LogP contribution in [0.4, 0.5) is 10.5 Å². The molecule has 0 radical (unpaired) electrons. The third-order valence-corrected chi connectivity index (χ3v) is 4.09. The van der Waals surface area contributed by atoms with Crippen LogP contribution in [-0.2, 0) is 0 Å². The van der Waals surface area contributed by atoms with Crippen LogP contribution in [0.5, 0.6) is 5.75 Å². The lowest BCUT2D eigenvalue weighted by atomic mass is 10.1. The summed E-state index contributed by atoms with van der Waals surface area (Å²) in [4.78, 5) is 29.4. The number of nitrogens with one attached hydrogen (secondary N) is 2. The molecular formula is C16H19N3O4. The molecule has 2 heterocycles. The lowest BCUT2D eigenvalue weighted by molar-refractivity contribution is 0.0972. The number of carbonyl (C=O) groups is 1. The van der Waals surface area contributed by atoms with Crippen molar-refractivity contribution in [3.05, 3.63) is 34.6 Å². The summed E-state index contributed by atoms with van der Waals surface area (Å²) < 4.78 is 5.22. The molecule has 3 rings (SSSR count). The zero-order chi connectivity index (χ0) is 16.4. The quantitative estimate of drug-likeness (QED) is 0.783. The topological polar surface area (TPSA) is 94.7 Å². The number of benzene rings is 1. The number of aliphatic hydroxyl groups is 1. The summed E-state index contributed by atoms with van der Waals surface area (Å²) in [6.07, 6.45) is 2.23. The molecule has 1 aromatic carbocycles. The summed E-state index contributed by atoms with van der Waals surface area (Å²) in [5.74, 6) is 0.572. The van der Waals surface area contributed by atoms with Gasteiger partial charge in [0, 0.05) is 19.3 Å². The highest BCUT2D eigenvalue weighted by molar-refractivity contribution is 5.93. The van der Waals surface area contributed by atoms with Gasteiger partial charge in [0.15, 0.2) is 0 Å². The van der Waals surface area contributed by atoms with Gasteiger partial charge in [-0.2, -0.15) is 0 Å². The van der Waals surface area contributed by atoms with Gasteiger partial charge in [0.05, 0.1) is 24.1 Å². The number of aliphatic hydroxyl groups excluding tert-OH is 1. The molecule has 23 heavy (non-hydrogen) atoms. The highest BCUT2D eigenvalue weighted by Gasteiger charge is 2.22. The lowest BCUT2D eigenvalue weighted by Gasteiger charge is -2.29. The second-order valence-corrected chi connectivity index (χ2v) is 5.56. The van der Waals surface area contributed by atoms with Crippen LogP contribution in [0.3, 0.4) is 0 Å². The molecule has 1 aliphatic heterocycles. The monoisotopic (exact) mass is 317 g/mol. The smallest absolute Gasteiger partial charge is 0.321 e. The average Bonchev–Trinajstić information content (AvgIpc) is 2.57. The molecule has 1 aliphatic rings. The van der Waals surface area contributed by atoms with Crippen LogP contribution in [0, 0.1) is 0 Å². The fourth-order valence-corrected chi connectivity index (χ4v) is 2.75. The molecule has 122 valence electrons. The Labute approximate surface area is 132 Å². The van der Waals surface area contributed by atoms with Crippen molar-refractivity contribution in [1.82, 2.24) is 9.88 Å². The first kappa shape index (κ1) is 15.4. The van der Waals surface area contributed by atoms with Gasteiger partial charge < -0.3 is 25.0 Å². The van der Waals surface area contributed by atoms with E-state index in [1.54, 1.807) is 23.1 Å². The van der Waals surface area contributed by atoms with Crippen LogP contribution in [0.15, 0.2) is 29.2 Å². The fourth-order valence-electron chi connectivity index (χ4n) is 2.75. The Kier molecular flexibility index (Phi) is 4.20. The number of fused-ring (bicyclic) bond motifs is 1. The number of hydrogen-bond acceptors (Lipinski definition) is 4. The second kappa shape index (κ2) is 6.29. The van der Waals surface area contributed by atoms with E-state index >= 15 is 0 Å². The van der Waals surface area contributed by atoms with E-state index < -0.39 is 0 Å². The van der Waals surface area contributed by atoms with E-state index in [2.05, 4.69) is 10.3 Å². The van der Waals surface area contributed by atoms with Crippen LogP contribution < -0.4 is 15.5 Å². The van der Waals surface area contributed by atoms with Crippen molar-refractivity contribution >= 4 is 22.6 Å². The first-order chi connectivity index (χ1) is 11.1. The van der Waals surface area contributed by atoms with Crippen molar-refractivity contribution in [2.45, 2.75) is 18.9 Å². The average molecular weight is 317 g/mol. The first-order valence-corrected chi connectivity index (χ1v) is 7.52. The van der Waals surface area contributed by atoms with Crippen molar-refractivity contribution in [2.24, 2.45) is 0 Å². The van der Waals surface area contributed by atoms with Crippen molar-refractivity contribution < 1.29 is 14.6 Å². The SMILES string of the molecule is COc1cccc2c(=O)c(NC(=O)N3CCC(O)CC3)c[nH]c12. The molecule has 0 atom stereocenters. The van der Waals surface area contributed by atoms with E-state index in [0.29, 0.717) is 42.6 Å². The zero-order valence-electron chi connectivity index (χ0n) is 12.8. The summed E-state index contributed by atoms with van der Waals surface area (Å²) in [7, 11) is 1.54. The van der Waals surface area contributed by atoms with Gasteiger partial charge in [-0.3, -0.25) is 4.79 Å². The number of anilines is 1. The second-order valence-electron chi connectivity index (χ2n) is 5.56. The van der Waals surface area contributed by atoms with Crippen molar-refractivity contribution in [1.29, 1.82) is 0 Å². The first-order valence-electron chi connectivity index (χ1n) is 7.52. The van der Waals surface area contributed by atoms with Gasteiger partial charge in [-0.1, -0.05) is 6.07 Å². The molecule has 2 aromatic rings. The molecule has 0 saturated carbocycles. The number of methoxy groups -OCH3 is 1. The Bertz CT molecular complexity index is 778. The van der Waals surface area contributed by atoms with Crippen molar-refractivity contribution in [3.8, 4) is 5.75 Å². The number of piperidine rings is 1. The van der Waals surface area contributed by atoms with E-state index in [1.807, 2.05) is 0 Å². The fraction of sp³-hybridized carbons (Fsp3) is 0.375. The Morgan fingerprint density at radius 2 is 2.13 bits per heavy atom. The minimum Gasteiger partial charge on any atom is -0.495 e. The summed E-state index contributed by atoms with van der Waals surface area (Å²) in [6, 6.07) is 4.84. The molecule has 7 heteroatoms. The number of amides is 2. The third-order valence-electron chi connectivity index (χ3n) is 4.09. The molecule has 0 spiro atoms. The largest absolute Gasteiger partial charge is 0.495 e. The number of carbonyl (C=O) groups excluding carboxylic acids is 1. The van der Waals surface area contributed by atoms with E-state index in [0.717, 1.165) is 0 Å². The molecule has 7 nitrogen and oxygen atoms in total. The van der Waals surface area contributed by atoms with E-state index in [1.165, 1.54) is 13.3 Å². The summed E-state index contributed by atoms with van der Waals surface area (Å²) >= 11 is 0. The van der Waals surface area contributed by atoms with Gasteiger partial charge in [0.25, 0.3) is 0 Å². The molecule has 1 fully saturated rings. The molecule has 0 unspecified atom stereocenters. The number of H-pyrrole nitrogens is 1. The maximum atomic E-state index is 12.5. The molecule has 1 aromatic heterocycles. The summed E-state index contributed by atoms with van der Waals surface area (Å²) in [5, 5.41) is 12.6. The van der Waals surface area contributed by atoms with Gasteiger partial charge in [0.2, 0.25) is 5.43 Å². The number of hydrogen-bond donors (Lipinski definition) is 3. The van der Waals surface area contributed by atoms with Gasteiger partial charge in [-0.25, -0.2) is 4.79 Å². The molecular weight excluding hydrogens is 298 g/mol. The number of pyridine rings is 1.